The third-order valence-corrected chi connectivity index (χ3v) is 7.36. The maximum Gasteiger partial charge on any atom is 0.343 e. The van der Waals surface area contributed by atoms with Crippen LogP contribution >= 0.6 is 23.2 Å². The summed E-state index contributed by atoms with van der Waals surface area (Å²) in [7, 11) is -3.98. The lowest BCUT2D eigenvalue weighted by Crippen LogP contribution is -2.21. The van der Waals surface area contributed by atoms with Gasteiger partial charge < -0.3 is 9.47 Å². The number of anilines is 1. The van der Waals surface area contributed by atoms with Gasteiger partial charge in [-0.3, -0.25) is 9.52 Å². The monoisotopic (exact) mass is 611 g/mol. The maximum atomic E-state index is 12.9. The summed E-state index contributed by atoms with van der Waals surface area (Å²) in [5.74, 6) is -0.724. The second-order valence-electron chi connectivity index (χ2n) is 8.34. The summed E-state index contributed by atoms with van der Waals surface area (Å²) in [6.07, 6.45) is 1.37. The summed E-state index contributed by atoms with van der Waals surface area (Å²) >= 11 is 11.7. The zero-order valence-corrected chi connectivity index (χ0v) is 23.8. The largest absolute Gasteiger partial charge is 0.490 e. The van der Waals surface area contributed by atoms with E-state index >= 15 is 0 Å². The van der Waals surface area contributed by atoms with Gasteiger partial charge in [0.15, 0.2) is 11.5 Å². The predicted molar refractivity (Wildman–Crippen MR) is 158 cm³/mol. The molecule has 210 valence electrons. The number of hydrogen-bond donors (Lipinski definition) is 2. The highest BCUT2D eigenvalue weighted by Gasteiger charge is 2.19. The summed E-state index contributed by atoms with van der Waals surface area (Å²) in [5.41, 5.74) is 3.37. The smallest absolute Gasteiger partial charge is 0.343 e. The number of esters is 1. The molecule has 41 heavy (non-hydrogen) atoms. The van der Waals surface area contributed by atoms with Gasteiger partial charge in [0.2, 0.25) is 0 Å². The number of hydrazone groups is 1. The number of hydrogen-bond acceptors (Lipinski definition) is 7. The molecule has 0 unspecified atom stereocenters. The first-order chi connectivity index (χ1) is 19.7. The fourth-order valence-corrected chi connectivity index (χ4v) is 4.85. The Morgan fingerprint density at radius 1 is 0.878 bits per heavy atom. The normalized spacial score (nSPS) is 11.2. The molecule has 0 aliphatic carbocycles. The van der Waals surface area contributed by atoms with Crippen LogP contribution in [0.15, 0.2) is 101 Å². The van der Waals surface area contributed by atoms with Gasteiger partial charge in [-0.1, -0.05) is 35.3 Å². The highest BCUT2D eigenvalue weighted by atomic mass is 35.5. The maximum absolute atomic E-state index is 12.9. The molecule has 0 aliphatic heterocycles. The third-order valence-electron chi connectivity index (χ3n) is 5.47. The van der Waals surface area contributed by atoms with Gasteiger partial charge in [0.1, 0.15) is 0 Å². The van der Waals surface area contributed by atoms with Crippen LogP contribution < -0.4 is 19.6 Å². The first-order valence-corrected chi connectivity index (χ1v) is 14.4. The van der Waals surface area contributed by atoms with E-state index in [1.807, 2.05) is 0 Å². The Bertz CT molecular complexity index is 1690. The Morgan fingerprint density at radius 2 is 1.54 bits per heavy atom. The second-order valence-corrected chi connectivity index (χ2v) is 10.9. The van der Waals surface area contributed by atoms with E-state index in [9.17, 15) is 18.0 Å². The van der Waals surface area contributed by atoms with Crippen molar-refractivity contribution in [3.63, 3.8) is 0 Å². The molecule has 4 rings (SSSR count). The van der Waals surface area contributed by atoms with Crippen molar-refractivity contribution in [3.05, 3.63) is 118 Å². The standard InChI is InChI=1S/C29H23Cl2N3O6S/c1-2-39-27-17-19(7-16-26(27)40-29(36)20-8-10-21(30)11-9-20)18-32-33-28(35)24-5-3-4-6-25(24)34-41(37,38)23-14-12-22(31)13-15-23/h3-18,34H,2H2,1H3,(H,33,35). The van der Waals surface area contributed by atoms with E-state index in [2.05, 4.69) is 15.2 Å². The molecule has 0 aromatic heterocycles. The lowest BCUT2D eigenvalue weighted by Gasteiger charge is -2.12. The molecule has 0 radical (unpaired) electrons. The van der Waals surface area contributed by atoms with E-state index in [0.717, 1.165) is 0 Å². The third kappa shape index (κ3) is 7.85. The van der Waals surface area contributed by atoms with E-state index in [-0.39, 0.29) is 21.9 Å². The number of carbonyl (C=O) groups excluding carboxylic acids is 2. The molecule has 0 fully saturated rings. The van der Waals surface area contributed by atoms with Gasteiger partial charge in [-0.05, 0) is 91.3 Å². The highest BCUT2D eigenvalue weighted by Crippen LogP contribution is 2.29. The van der Waals surface area contributed by atoms with Crippen molar-refractivity contribution in [2.24, 2.45) is 5.10 Å². The van der Waals surface area contributed by atoms with E-state index in [1.165, 1.54) is 42.6 Å². The number of nitrogens with one attached hydrogen (secondary N) is 2. The lowest BCUT2D eigenvalue weighted by atomic mass is 10.2. The van der Waals surface area contributed by atoms with Crippen LogP contribution in [0.5, 0.6) is 11.5 Å². The van der Waals surface area contributed by atoms with E-state index in [4.69, 9.17) is 32.7 Å². The number of benzene rings is 4. The molecular weight excluding hydrogens is 589 g/mol. The van der Waals surface area contributed by atoms with Crippen molar-refractivity contribution >= 4 is 57.0 Å². The van der Waals surface area contributed by atoms with Crippen molar-refractivity contribution in [2.75, 3.05) is 11.3 Å². The molecule has 9 nitrogen and oxygen atoms in total. The fourth-order valence-electron chi connectivity index (χ4n) is 3.52. The van der Waals surface area contributed by atoms with Gasteiger partial charge in [-0.2, -0.15) is 5.10 Å². The first kappa shape index (κ1) is 29.6. The van der Waals surface area contributed by atoms with Crippen LogP contribution in [0.3, 0.4) is 0 Å². The number of halogens is 2. The molecule has 2 N–H and O–H groups in total. The molecule has 0 aliphatic rings. The van der Waals surface area contributed by atoms with Crippen molar-refractivity contribution in [2.45, 2.75) is 11.8 Å². The number of rotatable bonds is 10. The molecule has 1 amide bonds. The Hall–Kier alpha value is -4.38. The van der Waals surface area contributed by atoms with Crippen LogP contribution in [0.25, 0.3) is 0 Å². The molecule has 0 saturated carbocycles. The van der Waals surface area contributed by atoms with Crippen LogP contribution in [0.4, 0.5) is 5.69 Å². The molecular formula is C29H23Cl2N3O6S. The second kappa shape index (κ2) is 13.3. The number of sulfonamides is 1. The Kier molecular flexibility index (Phi) is 9.61. The highest BCUT2D eigenvalue weighted by molar-refractivity contribution is 7.92. The van der Waals surface area contributed by atoms with Crippen molar-refractivity contribution in [1.82, 2.24) is 5.43 Å². The van der Waals surface area contributed by atoms with Crippen LogP contribution in [0.2, 0.25) is 10.0 Å². The van der Waals surface area contributed by atoms with Gasteiger partial charge >= 0.3 is 5.97 Å². The summed E-state index contributed by atoms with van der Waals surface area (Å²) in [5, 5.41) is 4.87. The number of amides is 1. The van der Waals surface area contributed by atoms with Gasteiger partial charge in [-0.15, -0.1) is 0 Å². The van der Waals surface area contributed by atoms with Crippen LogP contribution in [-0.4, -0.2) is 33.1 Å². The zero-order valence-electron chi connectivity index (χ0n) is 21.5. The Balaban J connectivity index is 1.46. The molecule has 0 atom stereocenters. The topological polar surface area (TPSA) is 123 Å². The first-order valence-electron chi connectivity index (χ1n) is 12.1. The number of nitrogens with zero attached hydrogens (tertiary/aromatic N) is 1. The Labute approximate surface area is 246 Å². The van der Waals surface area contributed by atoms with Crippen molar-refractivity contribution in [3.8, 4) is 11.5 Å². The van der Waals surface area contributed by atoms with Gasteiger partial charge in [0.25, 0.3) is 15.9 Å². The number of ether oxygens (including phenoxy) is 2. The SMILES string of the molecule is CCOc1cc(C=NNC(=O)c2ccccc2NS(=O)(=O)c2ccc(Cl)cc2)ccc1OC(=O)c1ccc(Cl)cc1. The number of carbonyl (C=O) groups is 2. The van der Waals surface area contributed by atoms with Gasteiger partial charge in [0.05, 0.1) is 34.5 Å². The summed E-state index contributed by atoms with van der Waals surface area (Å²) in [6, 6.07) is 22.8. The van der Waals surface area contributed by atoms with Gasteiger partial charge in [0, 0.05) is 10.0 Å². The summed E-state index contributed by atoms with van der Waals surface area (Å²) in [6.45, 7) is 2.09. The average Bonchev–Trinajstić information content (AvgIpc) is 2.95. The minimum absolute atomic E-state index is 0.0115. The molecule has 0 bridgehead atoms. The lowest BCUT2D eigenvalue weighted by molar-refractivity contribution is 0.0728. The molecule has 4 aromatic rings. The van der Waals surface area contributed by atoms with E-state index in [1.54, 1.807) is 61.5 Å². The molecule has 0 saturated heterocycles. The van der Waals surface area contributed by atoms with Crippen LogP contribution in [-0.2, 0) is 10.0 Å². The summed E-state index contributed by atoms with van der Waals surface area (Å²) in [4.78, 5) is 25.4. The predicted octanol–water partition coefficient (Wildman–Crippen LogP) is 6.18. The van der Waals surface area contributed by atoms with Crippen molar-refractivity contribution in [1.29, 1.82) is 0 Å². The summed E-state index contributed by atoms with van der Waals surface area (Å²) < 4.78 is 39.1. The Morgan fingerprint density at radius 3 is 2.22 bits per heavy atom. The molecule has 0 spiro atoms. The minimum atomic E-state index is -3.98. The van der Waals surface area contributed by atoms with E-state index < -0.39 is 21.9 Å². The zero-order chi connectivity index (χ0) is 29.4. The number of para-hydroxylation sites is 1. The fraction of sp³-hybridized carbons (Fsp3) is 0.0690. The molecule has 12 heteroatoms. The average molecular weight is 612 g/mol. The minimum Gasteiger partial charge on any atom is -0.490 e. The van der Waals surface area contributed by atoms with Crippen LogP contribution in [0.1, 0.15) is 33.2 Å². The molecule has 4 aromatic carbocycles. The van der Waals surface area contributed by atoms with Gasteiger partial charge in [-0.25, -0.2) is 18.6 Å². The van der Waals surface area contributed by atoms with E-state index in [0.29, 0.717) is 33.5 Å². The molecule has 0 heterocycles. The van der Waals surface area contributed by atoms with Crippen LogP contribution in [0, 0.1) is 0 Å². The quantitative estimate of drug-likeness (QED) is 0.0955. The van der Waals surface area contributed by atoms with Crippen molar-refractivity contribution < 1.29 is 27.5 Å².